The van der Waals surface area contributed by atoms with E-state index >= 15 is 0 Å². The molecule has 1 aromatic carbocycles. The standard InChI is InChI=1S/C14H19BrFNO/c1-9(11-7-6-10(15)8-12(11)16)17-13-4-2-3-5-14(13)18/h6-9,13-14,17-18H,2-5H2,1H3. The van der Waals surface area contributed by atoms with Crippen LogP contribution in [0.5, 0.6) is 0 Å². The molecule has 3 unspecified atom stereocenters. The molecule has 0 saturated heterocycles. The van der Waals surface area contributed by atoms with Gasteiger partial charge < -0.3 is 10.4 Å². The van der Waals surface area contributed by atoms with E-state index in [2.05, 4.69) is 21.2 Å². The average Bonchev–Trinajstić information content (AvgIpc) is 2.32. The first-order valence-electron chi connectivity index (χ1n) is 6.47. The molecule has 0 heterocycles. The molecule has 1 aliphatic rings. The number of aliphatic hydroxyl groups is 1. The number of halogens is 2. The molecule has 0 amide bonds. The fourth-order valence-electron chi connectivity index (χ4n) is 2.57. The van der Waals surface area contributed by atoms with Crippen LogP contribution in [0.1, 0.15) is 44.2 Å². The Bertz CT molecular complexity index is 413. The van der Waals surface area contributed by atoms with Crippen LogP contribution in [0, 0.1) is 5.82 Å². The molecular weight excluding hydrogens is 297 g/mol. The van der Waals surface area contributed by atoms with Gasteiger partial charge in [-0.2, -0.15) is 0 Å². The Balaban J connectivity index is 2.04. The lowest BCUT2D eigenvalue weighted by molar-refractivity contribution is 0.0857. The van der Waals surface area contributed by atoms with Crippen LogP contribution in [0.15, 0.2) is 22.7 Å². The van der Waals surface area contributed by atoms with Gasteiger partial charge >= 0.3 is 0 Å². The van der Waals surface area contributed by atoms with Crippen molar-refractivity contribution in [2.24, 2.45) is 0 Å². The van der Waals surface area contributed by atoms with E-state index < -0.39 is 0 Å². The summed E-state index contributed by atoms with van der Waals surface area (Å²) in [6, 6.07) is 5.10. The Morgan fingerprint density at radius 2 is 2.11 bits per heavy atom. The molecule has 1 fully saturated rings. The summed E-state index contributed by atoms with van der Waals surface area (Å²) < 4.78 is 14.6. The summed E-state index contributed by atoms with van der Waals surface area (Å²) >= 11 is 3.25. The van der Waals surface area contributed by atoms with Gasteiger partial charge in [0, 0.05) is 22.1 Å². The Kier molecular flexibility index (Phi) is 4.76. The van der Waals surface area contributed by atoms with E-state index in [-0.39, 0.29) is 24.0 Å². The molecule has 1 aromatic rings. The molecule has 100 valence electrons. The third kappa shape index (κ3) is 3.31. The molecule has 1 saturated carbocycles. The second-order valence-electron chi connectivity index (χ2n) is 5.01. The molecule has 0 bridgehead atoms. The first-order valence-corrected chi connectivity index (χ1v) is 7.26. The normalized spacial score (nSPS) is 26.0. The van der Waals surface area contributed by atoms with Crippen LogP contribution in [0.2, 0.25) is 0 Å². The van der Waals surface area contributed by atoms with Gasteiger partial charge in [-0.1, -0.05) is 34.8 Å². The molecule has 3 atom stereocenters. The van der Waals surface area contributed by atoms with Crippen molar-refractivity contribution in [2.45, 2.75) is 50.8 Å². The van der Waals surface area contributed by atoms with Crippen LogP contribution in [0.4, 0.5) is 4.39 Å². The first-order chi connectivity index (χ1) is 8.58. The third-order valence-electron chi connectivity index (χ3n) is 3.62. The Morgan fingerprint density at radius 1 is 1.39 bits per heavy atom. The monoisotopic (exact) mass is 315 g/mol. The summed E-state index contributed by atoms with van der Waals surface area (Å²) in [5, 5.41) is 13.3. The van der Waals surface area contributed by atoms with Gasteiger partial charge in [0.05, 0.1) is 6.10 Å². The number of nitrogens with one attached hydrogen (secondary N) is 1. The van der Waals surface area contributed by atoms with Gasteiger partial charge in [0.25, 0.3) is 0 Å². The molecule has 4 heteroatoms. The zero-order valence-corrected chi connectivity index (χ0v) is 12.1. The van der Waals surface area contributed by atoms with Crippen molar-refractivity contribution in [3.05, 3.63) is 34.1 Å². The van der Waals surface area contributed by atoms with Crippen LogP contribution in [-0.2, 0) is 0 Å². The predicted octanol–water partition coefficient (Wildman–Crippen LogP) is 3.54. The van der Waals surface area contributed by atoms with E-state index in [9.17, 15) is 9.50 Å². The Labute approximate surface area is 116 Å². The largest absolute Gasteiger partial charge is 0.392 e. The van der Waals surface area contributed by atoms with E-state index in [1.54, 1.807) is 6.07 Å². The zero-order chi connectivity index (χ0) is 13.1. The molecule has 2 N–H and O–H groups in total. The second-order valence-corrected chi connectivity index (χ2v) is 5.93. The maximum absolute atomic E-state index is 13.8. The Hall–Kier alpha value is -0.450. The van der Waals surface area contributed by atoms with Crippen molar-refractivity contribution < 1.29 is 9.50 Å². The number of rotatable bonds is 3. The van der Waals surface area contributed by atoms with Crippen LogP contribution >= 0.6 is 15.9 Å². The van der Waals surface area contributed by atoms with E-state index in [0.29, 0.717) is 5.56 Å². The van der Waals surface area contributed by atoms with Crippen molar-refractivity contribution in [2.75, 3.05) is 0 Å². The highest BCUT2D eigenvalue weighted by Crippen LogP contribution is 2.24. The van der Waals surface area contributed by atoms with Gasteiger partial charge in [-0.05, 0) is 31.9 Å². The fourth-order valence-corrected chi connectivity index (χ4v) is 2.90. The van der Waals surface area contributed by atoms with Crippen molar-refractivity contribution in [3.63, 3.8) is 0 Å². The maximum Gasteiger partial charge on any atom is 0.129 e. The lowest BCUT2D eigenvalue weighted by atomic mass is 9.91. The molecule has 2 rings (SSSR count). The van der Waals surface area contributed by atoms with Gasteiger partial charge in [0.2, 0.25) is 0 Å². The summed E-state index contributed by atoms with van der Waals surface area (Å²) in [5.74, 6) is -0.213. The molecule has 0 aromatic heterocycles. The smallest absolute Gasteiger partial charge is 0.129 e. The maximum atomic E-state index is 13.8. The molecule has 0 spiro atoms. The molecule has 1 aliphatic carbocycles. The van der Waals surface area contributed by atoms with E-state index in [1.165, 1.54) is 6.07 Å². The highest BCUT2D eigenvalue weighted by Gasteiger charge is 2.25. The van der Waals surface area contributed by atoms with E-state index in [0.717, 1.165) is 30.2 Å². The van der Waals surface area contributed by atoms with Crippen molar-refractivity contribution >= 4 is 15.9 Å². The van der Waals surface area contributed by atoms with E-state index in [4.69, 9.17) is 0 Å². The van der Waals surface area contributed by atoms with Gasteiger partial charge in [0.1, 0.15) is 5.82 Å². The number of benzene rings is 1. The van der Waals surface area contributed by atoms with Crippen LogP contribution in [0.3, 0.4) is 0 Å². The molecule has 0 aliphatic heterocycles. The topological polar surface area (TPSA) is 32.3 Å². The lowest BCUT2D eigenvalue weighted by Crippen LogP contribution is -2.43. The number of hydrogen-bond donors (Lipinski definition) is 2. The minimum Gasteiger partial charge on any atom is -0.392 e. The molecule has 0 radical (unpaired) electrons. The van der Waals surface area contributed by atoms with Crippen molar-refractivity contribution in [1.29, 1.82) is 0 Å². The van der Waals surface area contributed by atoms with Crippen molar-refractivity contribution in [1.82, 2.24) is 5.32 Å². The zero-order valence-electron chi connectivity index (χ0n) is 10.5. The number of hydrogen-bond acceptors (Lipinski definition) is 2. The lowest BCUT2D eigenvalue weighted by Gasteiger charge is -2.31. The quantitative estimate of drug-likeness (QED) is 0.894. The number of aliphatic hydroxyl groups excluding tert-OH is 1. The highest BCUT2D eigenvalue weighted by atomic mass is 79.9. The minimum atomic E-state index is -0.306. The average molecular weight is 316 g/mol. The SMILES string of the molecule is CC(NC1CCCCC1O)c1ccc(Br)cc1F. The van der Waals surface area contributed by atoms with Crippen LogP contribution in [-0.4, -0.2) is 17.3 Å². The van der Waals surface area contributed by atoms with Gasteiger partial charge in [-0.3, -0.25) is 0 Å². The highest BCUT2D eigenvalue weighted by molar-refractivity contribution is 9.10. The second kappa shape index (κ2) is 6.13. The van der Waals surface area contributed by atoms with Crippen LogP contribution < -0.4 is 5.32 Å². The summed E-state index contributed by atoms with van der Waals surface area (Å²) in [7, 11) is 0. The van der Waals surface area contributed by atoms with Gasteiger partial charge in [-0.15, -0.1) is 0 Å². The minimum absolute atomic E-state index is 0.0804. The summed E-state index contributed by atoms with van der Waals surface area (Å²) in [6.07, 6.45) is 3.71. The van der Waals surface area contributed by atoms with Gasteiger partial charge in [0.15, 0.2) is 0 Å². The molecular formula is C14H19BrFNO. The first kappa shape index (κ1) is 14.0. The molecule has 18 heavy (non-hydrogen) atoms. The third-order valence-corrected chi connectivity index (χ3v) is 4.12. The Morgan fingerprint density at radius 3 is 2.78 bits per heavy atom. The summed E-state index contributed by atoms with van der Waals surface area (Å²) in [6.45, 7) is 1.94. The predicted molar refractivity (Wildman–Crippen MR) is 73.9 cm³/mol. The van der Waals surface area contributed by atoms with Crippen LogP contribution in [0.25, 0.3) is 0 Å². The summed E-state index contributed by atoms with van der Waals surface area (Å²) in [4.78, 5) is 0. The summed E-state index contributed by atoms with van der Waals surface area (Å²) in [5.41, 5.74) is 0.649. The fraction of sp³-hybridized carbons (Fsp3) is 0.571. The van der Waals surface area contributed by atoms with Gasteiger partial charge in [-0.25, -0.2) is 4.39 Å². The van der Waals surface area contributed by atoms with E-state index in [1.807, 2.05) is 13.0 Å². The molecule has 2 nitrogen and oxygen atoms in total. The van der Waals surface area contributed by atoms with Crippen molar-refractivity contribution in [3.8, 4) is 0 Å².